The molecule has 0 heterocycles. The molecule has 0 radical (unpaired) electrons. The molecular formula is C16H14F3NO3. The molecule has 0 aliphatic rings. The van der Waals surface area contributed by atoms with E-state index >= 15 is 0 Å². The van der Waals surface area contributed by atoms with Gasteiger partial charge in [-0.25, -0.2) is 4.79 Å². The van der Waals surface area contributed by atoms with E-state index in [-0.39, 0.29) is 5.75 Å². The number of ether oxygens (including phenoxy) is 2. The number of hydrogen-bond donors (Lipinski definition) is 1. The molecule has 0 amide bonds. The van der Waals surface area contributed by atoms with Gasteiger partial charge in [-0.05, 0) is 35.4 Å². The molecule has 2 aromatic rings. The quantitative estimate of drug-likeness (QED) is 0.875. The van der Waals surface area contributed by atoms with Crippen LogP contribution >= 0.6 is 0 Å². The van der Waals surface area contributed by atoms with Crippen LogP contribution in [0.4, 0.5) is 13.2 Å². The monoisotopic (exact) mass is 325 g/mol. The number of halogens is 3. The maximum atomic E-state index is 12.1. The molecule has 1 atom stereocenters. The number of carbonyl (C=O) groups excluding carboxylic acids is 1. The van der Waals surface area contributed by atoms with Crippen LogP contribution < -0.4 is 10.5 Å². The normalized spacial score (nSPS) is 12.6. The summed E-state index contributed by atoms with van der Waals surface area (Å²) in [5.41, 5.74) is 7.79. The highest BCUT2D eigenvalue weighted by atomic mass is 19.4. The van der Waals surface area contributed by atoms with Gasteiger partial charge < -0.3 is 15.2 Å². The van der Waals surface area contributed by atoms with Crippen molar-refractivity contribution < 1.29 is 27.4 Å². The van der Waals surface area contributed by atoms with E-state index in [0.29, 0.717) is 16.7 Å². The first kappa shape index (κ1) is 16.8. The summed E-state index contributed by atoms with van der Waals surface area (Å²) < 4.78 is 44.7. The fourth-order valence-electron chi connectivity index (χ4n) is 2.01. The Labute approximate surface area is 130 Å². The number of hydrogen-bond acceptors (Lipinski definition) is 4. The third-order valence-corrected chi connectivity index (χ3v) is 3.16. The summed E-state index contributed by atoms with van der Waals surface area (Å²) in [5.74, 6) is -0.770. The van der Waals surface area contributed by atoms with Crippen molar-refractivity contribution in [2.45, 2.75) is 12.4 Å². The summed E-state index contributed by atoms with van der Waals surface area (Å²) >= 11 is 0. The first-order valence-corrected chi connectivity index (χ1v) is 6.60. The molecule has 0 saturated heterocycles. The van der Waals surface area contributed by atoms with Crippen molar-refractivity contribution in [2.75, 3.05) is 7.11 Å². The molecule has 122 valence electrons. The summed E-state index contributed by atoms with van der Waals surface area (Å²) in [6.07, 6.45) is -4.73. The molecule has 23 heavy (non-hydrogen) atoms. The molecule has 0 bridgehead atoms. The molecule has 2 rings (SSSR count). The van der Waals surface area contributed by atoms with E-state index < -0.39 is 18.4 Å². The smallest absolute Gasteiger partial charge is 0.465 e. The molecular weight excluding hydrogens is 311 g/mol. The van der Waals surface area contributed by atoms with Crippen molar-refractivity contribution in [3.05, 3.63) is 65.2 Å². The van der Waals surface area contributed by atoms with E-state index in [9.17, 15) is 18.0 Å². The number of carbonyl (C=O) groups is 1. The minimum absolute atomic E-state index is 0.311. The zero-order valence-electron chi connectivity index (χ0n) is 12.1. The van der Waals surface area contributed by atoms with E-state index in [4.69, 9.17) is 5.73 Å². The van der Waals surface area contributed by atoms with Crippen LogP contribution in [0.5, 0.6) is 5.75 Å². The lowest BCUT2D eigenvalue weighted by atomic mass is 9.98. The molecule has 0 aromatic heterocycles. The molecule has 2 N–H and O–H groups in total. The average molecular weight is 325 g/mol. The van der Waals surface area contributed by atoms with Crippen LogP contribution in [-0.2, 0) is 4.74 Å². The number of methoxy groups -OCH3 is 1. The Morgan fingerprint density at radius 3 is 1.91 bits per heavy atom. The predicted octanol–water partition coefficient (Wildman–Crippen LogP) is 3.42. The van der Waals surface area contributed by atoms with Gasteiger partial charge in [-0.3, -0.25) is 0 Å². The Bertz CT molecular complexity index is 666. The molecule has 2 aromatic carbocycles. The molecule has 0 spiro atoms. The minimum atomic E-state index is -4.73. The van der Waals surface area contributed by atoms with E-state index in [2.05, 4.69) is 9.47 Å². The van der Waals surface area contributed by atoms with Crippen molar-refractivity contribution in [2.24, 2.45) is 5.73 Å². The van der Waals surface area contributed by atoms with Crippen LogP contribution in [-0.4, -0.2) is 19.4 Å². The highest BCUT2D eigenvalue weighted by Gasteiger charge is 2.31. The summed E-state index contributed by atoms with van der Waals surface area (Å²) in [7, 11) is 1.28. The predicted molar refractivity (Wildman–Crippen MR) is 76.9 cm³/mol. The Kier molecular flexibility index (Phi) is 4.90. The third kappa shape index (κ3) is 4.46. The van der Waals surface area contributed by atoms with Crippen molar-refractivity contribution in [3.8, 4) is 5.75 Å². The summed E-state index contributed by atoms with van der Waals surface area (Å²) in [5, 5.41) is 0. The van der Waals surface area contributed by atoms with Gasteiger partial charge in [-0.1, -0.05) is 24.3 Å². The number of nitrogens with two attached hydrogens (primary N) is 1. The van der Waals surface area contributed by atoms with Crippen LogP contribution in [0.2, 0.25) is 0 Å². The lowest BCUT2D eigenvalue weighted by Crippen LogP contribution is -2.17. The molecule has 0 fully saturated rings. The Hall–Kier alpha value is -2.54. The first-order chi connectivity index (χ1) is 10.8. The van der Waals surface area contributed by atoms with Crippen molar-refractivity contribution >= 4 is 5.97 Å². The largest absolute Gasteiger partial charge is 0.573 e. The fourth-order valence-corrected chi connectivity index (χ4v) is 2.01. The lowest BCUT2D eigenvalue weighted by molar-refractivity contribution is -0.274. The molecule has 0 unspecified atom stereocenters. The lowest BCUT2D eigenvalue weighted by Gasteiger charge is -2.14. The van der Waals surface area contributed by atoms with Crippen molar-refractivity contribution in [3.63, 3.8) is 0 Å². The van der Waals surface area contributed by atoms with Gasteiger partial charge in [0.1, 0.15) is 5.75 Å². The van der Waals surface area contributed by atoms with Gasteiger partial charge in [0.2, 0.25) is 0 Å². The minimum Gasteiger partial charge on any atom is -0.465 e. The molecule has 4 nitrogen and oxygen atoms in total. The van der Waals surface area contributed by atoms with Gasteiger partial charge in [0.05, 0.1) is 18.7 Å². The van der Waals surface area contributed by atoms with E-state index in [0.717, 1.165) is 0 Å². The number of esters is 1. The highest BCUT2D eigenvalue weighted by molar-refractivity contribution is 5.89. The summed E-state index contributed by atoms with van der Waals surface area (Å²) in [6.45, 7) is 0. The third-order valence-electron chi connectivity index (χ3n) is 3.16. The van der Waals surface area contributed by atoms with Crippen LogP contribution in [0, 0.1) is 0 Å². The van der Waals surface area contributed by atoms with Gasteiger partial charge in [0.15, 0.2) is 0 Å². The zero-order valence-corrected chi connectivity index (χ0v) is 12.1. The van der Waals surface area contributed by atoms with Crippen LogP contribution in [0.3, 0.4) is 0 Å². The number of rotatable bonds is 4. The van der Waals surface area contributed by atoms with Crippen molar-refractivity contribution in [1.29, 1.82) is 0 Å². The van der Waals surface area contributed by atoms with Crippen LogP contribution in [0.15, 0.2) is 48.5 Å². The number of alkyl halides is 3. The summed E-state index contributed by atoms with van der Waals surface area (Å²) in [6, 6.07) is 11.2. The second-order valence-electron chi connectivity index (χ2n) is 4.71. The average Bonchev–Trinajstić information content (AvgIpc) is 2.53. The molecule has 0 saturated carbocycles. The van der Waals surface area contributed by atoms with Gasteiger partial charge >= 0.3 is 12.3 Å². The SMILES string of the molecule is COC(=O)c1ccc([C@@H](N)c2ccc(OC(F)(F)F)cc2)cc1. The standard InChI is InChI=1S/C16H14F3NO3/c1-22-15(21)12-4-2-10(3-5-12)14(20)11-6-8-13(9-7-11)23-16(17,18)19/h2-9,14H,20H2,1H3/t14-/m1/s1. The molecule has 7 heteroatoms. The van der Waals surface area contributed by atoms with Crippen LogP contribution in [0.1, 0.15) is 27.5 Å². The summed E-state index contributed by atoms with van der Waals surface area (Å²) in [4.78, 5) is 11.4. The van der Waals surface area contributed by atoms with Gasteiger partial charge in [0, 0.05) is 0 Å². The molecule has 0 aliphatic heterocycles. The Morgan fingerprint density at radius 1 is 1.00 bits per heavy atom. The van der Waals surface area contributed by atoms with E-state index in [1.54, 1.807) is 24.3 Å². The Balaban J connectivity index is 2.13. The molecule has 0 aliphatic carbocycles. The maximum Gasteiger partial charge on any atom is 0.573 e. The van der Waals surface area contributed by atoms with Crippen molar-refractivity contribution in [1.82, 2.24) is 0 Å². The second-order valence-corrected chi connectivity index (χ2v) is 4.71. The van der Waals surface area contributed by atoms with E-state index in [1.165, 1.54) is 31.4 Å². The van der Waals surface area contributed by atoms with Gasteiger partial charge in [-0.2, -0.15) is 0 Å². The maximum absolute atomic E-state index is 12.1. The number of benzene rings is 2. The fraction of sp³-hybridized carbons (Fsp3) is 0.188. The van der Waals surface area contributed by atoms with Crippen LogP contribution in [0.25, 0.3) is 0 Å². The Morgan fingerprint density at radius 2 is 1.48 bits per heavy atom. The van der Waals surface area contributed by atoms with Gasteiger partial charge in [-0.15, -0.1) is 13.2 Å². The highest BCUT2D eigenvalue weighted by Crippen LogP contribution is 2.26. The topological polar surface area (TPSA) is 61.5 Å². The zero-order chi connectivity index (χ0) is 17.0. The van der Waals surface area contributed by atoms with E-state index in [1.807, 2.05) is 0 Å². The first-order valence-electron chi connectivity index (χ1n) is 6.60. The second kappa shape index (κ2) is 6.70. The van der Waals surface area contributed by atoms with Gasteiger partial charge in [0.25, 0.3) is 0 Å².